The largest absolute Gasteiger partial charge is 0.462 e. The highest BCUT2D eigenvalue weighted by Gasteiger charge is 2.19. The van der Waals surface area contributed by atoms with Crippen molar-refractivity contribution in [2.24, 2.45) is 0 Å². The lowest BCUT2D eigenvalue weighted by molar-refractivity contribution is -0.384. The molecule has 1 aromatic rings. The van der Waals surface area contributed by atoms with Crippen LogP contribution in [0.5, 0.6) is 0 Å². The highest BCUT2D eigenvalue weighted by atomic mass is 35.5. The molecule has 6 heteroatoms. The summed E-state index contributed by atoms with van der Waals surface area (Å²) in [5.41, 5.74) is 0.460. The van der Waals surface area contributed by atoms with Crippen LogP contribution in [0.4, 0.5) is 5.69 Å². The van der Waals surface area contributed by atoms with E-state index in [2.05, 4.69) is 0 Å². The van der Waals surface area contributed by atoms with Crippen molar-refractivity contribution in [2.75, 3.05) is 6.61 Å². The lowest BCUT2D eigenvalue weighted by Crippen LogP contribution is -2.08. The zero-order chi connectivity index (χ0) is 12.3. The van der Waals surface area contributed by atoms with Gasteiger partial charge in [0.25, 0.3) is 5.69 Å². The predicted octanol–water partition coefficient (Wildman–Crippen LogP) is 2.73. The number of nitro benzene ring substituents is 1. The minimum Gasteiger partial charge on any atom is -0.462 e. The second kappa shape index (κ2) is 4.94. The van der Waals surface area contributed by atoms with E-state index in [1.165, 1.54) is 6.07 Å². The molecule has 5 nitrogen and oxygen atoms in total. The molecule has 16 heavy (non-hydrogen) atoms. The molecule has 0 amide bonds. The number of non-ortho nitro benzene ring substituents is 1. The van der Waals surface area contributed by atoms with E-state index in [-0.39, 0.29) is 22.9 Å². The Kier molecular flexibility index (Phi) is 3.84. The Labute approximate surface area is 97.1 Å². The second-order valence-corrected chi connectivity index (χ2v) is 3.50. The summed E-state index contributed by atoms with van der Waals surface area (Å²) in [4.78, 5) is 21.5. The van der Waals surface area contributed by atoms with Crippen LogP contribution in [-0.4, -0.2) is 17.5 Å². The molecule has 1 rings (SSSR count). The molecule has 0 bridgehead atoms. The molecule has 0 radical (unpaired) electrons. The van der Waals surface area contributed by atoms with Crippen molar-refractivity contribution in [2.45, 2.75) is 13.8 Å². The first-order chi connectivity index (χ1) is 7.47. The summed E-state index contributed by atoms with van der Waals surface area (Å²) in [7, 11) is 0. The Bertz CT molecular complexity index is 421. The predicted molar refractivity (Wildman–Crippen MR) is 58.8 cm³/mol. The van der Waals surface area contributed by atoms with Crippen LogP contribution in [0, 0.1) is 17.0 Å². The topological polar surface area (TPSA) is 69.4 Å². The molecule has 0 saturated heterocycles. The fourth-order valence-electron chi connectivity index (χ4n) is 1.29. The van der Waals surface area contributed by atoms with Crippen molar-refractivity contribution >= 4 is 23.3 Å². The first kappa shape index (κ1) is 12.4. The van der Waals surface area contributed by atoms with Crippen LogP contribution in [0.2, 0.25) is 5.02 Å². The molecule has 0 heterocycles. The third kappa shape index (κ3) is 2.49. The number of hydrogen-bond donors (Lipinski definition) is 0. The maximum absolute atomic E-state index is 11.5. The van der Waals surface area contributed by atoms with Gasteiger partial charge in [0, 0.05) is 12.1 Å². The van der Waals surface area contributed by atoms with E-state index in [1.54, 1.807) is 13.8 Å². The molecule has 0 saturated carbocycles. The summed E-state index contributed by atoms with van der Waals surface area (Å²) in [5, 5.41) is 10.6. The second-order valence-electron chi connectivity index (χ2n) is 3.10. The lowest BCUT2D eigenvalue weighted by Gasteiger charge is -2.07. The van der Waals surface area contributed by atoms with Gasteiger partial charge < -0.3 is 4.74 Å². The van der Waals surface area contributed by atoms with Gasteiger partial charge >= 0.3 is 5.97 Å². The molecule has 0 aliphatic heterocycles. The third-order valence-corrected chi connectivity index (χ3v) is 2.26. The van der Waals surface area contributed by atoms with Gasteiger partial charge in [-0.1, -0.05) is 11.6 Å². The molecular formula is C10H10ClNO4. The van der Waals surface area contributed by atoms with Crippen LogP contribution in [-0.2, 0) is 4.74 Å². The number of rotatable bonds is 3. The minimum atomic E-state index is -0.570. The maximum atomic E-state index is 11.5. The Hall–Kier alpha value is -1.62. The number of benzene rings is 1. The van der Waals surface area contributed by atoms with E-state index < -0.39 is 10.9 Å². The molecule has 1 aromatic carbocycles. The molecular weight excluding hydrogens is 234 g/mol. The summed E-state index contributed by atoms with van der Waals surface area (Å²) in [6.07, 6.45) is 0. The van der Waals surface area contributed by atoms with Gasteiger partial charge in [0.1, 0.15) is 0 Å². The summed E-state index contributed by atoms with van der Waals surface area (Å²) in [6, 6.07) is 2.43. The normalized spacial score (nSPS) is 9.94. The van der Waals surface area contributed by atoms with Gasteiger partial charge in [0.05, 0.1) is 22.1 Å². The molecule has 0 N–H and O–H groups in total. The van der Waals surface area contributed by atoms with Crippen LogP contribution in [0.1, 0.15) is 22.8 Å². The van der Waals surface area contributed by atoms with Crippen molar-refractivity contribution in [3.05, 3.63) is 38.4 Å². The highest BCUT2D eigenvalue weighted by Crippen LogP contribution is 2.26. The Morgan fingerprint density at radius 3 is 2.62 bits per heavy atom. The zero-order valence-electron chi connectivity index (χ0n) is 8.82. The number of esters is 1. The Balaban J connectivity index is 3.22. The first-order valence-corrected chi connectivity index (χ1v) is 4.96. The maximum Gasteiger partial charge on any atom is 0.339 e. The fourth-order valence-corrected chi connectivity index (χ4v) is 1.63. The number of nitrogens with zero attached hydrogens (tertiary/aromatic N) is 1. The van der Waals surface area contributed by atoms with E-state index in [0.717, 1.165) is 6.07 Å². The van der Waals surface area contributed by atoms with Gasteiger partial charge in [0.15, 0.2) is 0 Å². The number of carbonyl (C=O) groups excluding carboxylic acids is 1. The molecule has 0 aromatic heterocycles. The number of ether oxygens (including phenoxy) is 1. The first-order valence-electron chi connectivity index (χ1n) is 4.59. The molecule has 0 unspecified atom stereocenters. The molecule has 0 aliphatic carbocycles. The van der Waals surface area contributed by atoms with Crippen molar-refractivity contribution in [3.63, 3.8) is 0 Å². The monoisotopic (exact) mass is 243 g/mol. The van der Waals surface area contributed by atoms with Gasteiger partial charge in [-0.3, -0.25) is 10.1 Å². The molecule has 0 aliphatic rings. The van der Waals surface area contributed by atoms with Crippen molar-refractivity contribution in [1.82, 2.24) is 0 Å². The average Bonchev–Trinajstić information content (AvgIpc) is 2.16. The minimum absolute atomic E-state index is 0.0325. The summed E-state index contributed by atoms with van der Waals surface area (Å²) >= 11 is 5.80. The van der Waals surface area contributed by atoms with Gasteiger partial charge in [-0.2, -0.15) is 0 Å². The van der Waals surface area contributed by atoms with E-state index in [4.69, 9.17) is 16.3 Å². The third-order valence-electron chi connectivity index (χ3n) is 1.96. The molecule has 86 valence electrons. The molecule has 0 spiro atoms. The number of nitro groups is 1. The smallest absolute Gasteiger partial charge is 0.339 e. The Morgan fingerprint density at radius 1 is 1.56 bits per heavy atom. The standard InChI is InChI=1S/C10H10ClNO4/c1-3-16-10(13)9-6(2)4-7(12(14)15)5-8(9)11/h4-5H,3H2,1-2H3. The number of hydrogen-bond acceptors (Lipinski definition) is 4. The molecule has 0 fully saturated rings. The van der Waals surface area contributed by atoms with Crippen molar-refractivity contribution in [3.8, 4) is 0 Å². The summed E-state index contributed by atoms with van der Waals surface area (Å²) in [6.45, 7) is 3.48. The van der Waals surface area contributed by atoms with Crippen LogP contribution in [0.3, 0.4) is 0 Å². The quantitative estimate of drug-likeness (QED) is 0.465. The summed E-state index contributed by atoms with van der Waals surface area (Å²) < 4.78 is 4.80. The lowest BCUT2D eigenvalue weighted by atomic mass is 10.1. The Morgan fingerprint density at radius 2 is 2.19 bits per heavy atom. The van der Waals surface area contributed by atoms with Crippen LogP contribution in [0.25, 0.3) is 0 Å². The number of aryl methyl sites for hydroxylation is 1. The van der Waals surface area contributed by atoms with E-state index in [0.29, 0.717) is 5.56 Å². The van der Waals surface area contributed by atoms with E-state index in [1.807, 2.05) is 0 Å². The SMILES string of the molecule is CCOC(=O)c1c(C)cc([N+](=O)[O-])cc1Cl. The van der Waals surface area contributed by atoms with Gasteiger partial charge in [-0.05, 0) is 19.4 Å². The van der Waals surface area contributed by atoms with E-state index >= 15 is 0 Å². The fraction of sp³-hybridized carbons (Fsp3) is 0.300. The summed E-state index contributed by atoms with van der Waals surface area (Å²) in [5.74, 6) is -0.570. The zero-order valence-corrected chi connectivity index (χ0v) is 9.58. The van der Waals surface area contributed by atoms with Crippen molar-refractivity contribution < 1.29 is 14.5 Å². The van der Waals surface area contributed by atoms with Crippen LogP contribution in [0.15, 0.2) is 12.1 Å². The van der Waals surface area contributed by atoms with Crippen LogP contribution >= 0.6 is 11.6 Å². The number of halogens is 1. The van der Waals surface area contributed by atoms with Gasteiger partial charge in [-0.15, -0.1) is 0 Å². The van der Waals surface area contributed by atoms with Crippen LogP contribution < -0.4 is 0 Å². The molecule has 0 atom stereocenters. The number of carbonyl (C=O) groups is 1. The van der Waals surface area contributed by atoms with Gasteiger partial charge in [-0.25, -0.2) is 4.79 Å². The van der Waals surface area contributed by atoms with Crippen molar-refractivity contribution in [1.29, 1.82) is 0 Å². The highest BCUT2D eigenvalue weighted by molar-refractivity contribution is 6.34. The van der Waals surface area contributed by atoms with Gasteiger partial charge in [0.2, 0.25) is 0 Å². The van der Waals surface area contributed by atoms with E-state index in [9.17, 15) is 14.9 Å². The average molecular weight is 244 g/mol.